The van der Waals surface area contributed by atoms with Crippen LogP contribution >= 0.6 is 11.6 Å². The fraction of sp³-hybridized carbons (Fsp3) is 0.278. The predicted molar refractivity (Wildman–Crippen MR) is 98.1 cm³/mol. The molecule has 0 saturated carbocycles. The van der Waals surface area contributed by atoms with Gasteiger partial charge in [-0.1, -0.05) is 17.7 Å². The molecule has 0 saturated heterocycles. The second-order valence-corrected chi connectivity index (χ2v) is 6.33. The molecule has 2 aromatic heterocycles. The fourth-order valence-corrected chi connectivity index (χ4v) is 3.03. The van der Waals surface area contributed by atoms with Gasteiger partial charge in [0.25, 0.3) is 5.91 Å². The number of carbonyl (C=O) groups is 1. The van der Waals surface area contributed by atoms with Crippen molar-refractivity contribution < 1.29 is 9.18 Å². The average molecular weight is 376 g/mol. The maximum atomic E-state index is 13.2. The number of hydrogen-bond acceptors (Lipinski definition) is 3. The summed E-state index contributed by atoms with van der Waals surface area (Å²) in [6, 6.07) is 5.94. The van der Waals surface area contributed by atoms with E-state index in [0.717, 1.165) is 11.3 Å². The molecule has 0 bridgehead atoms. The number of hydrogen-bond donors (Lipinski definition) is 1. The van der Waals surface area contributed by atoms with E-state index in [1.807, 2.05) is 20.8 Å². The number of nitrogens with zero attached hydrogens (tertiary/aromatic N) is 4. The van der Waals surface area contributed by atoms with E-state index in [1.54, 1.807) is 27.7 Å². The molecule has 1 aromatic carbocycles. The van der Waals surface area contributed by atoms with Crippen LogP contribution in [0.3, 0.4) is 0 Å². The third-order valence-corrected chi connectivity index (χ3v) is 4.56. The number of anilines is 1. The van der Waals surface area contributed by atoms with E-state index in [0.29, 0.717) is 35.2 Å². The zero-order valence-corrected chi connectivity index (χ0v) is 15.5. The summed E-state index contributed by atoms with van der Waals surface area (Å²) in [7, 11) is 0. The van der Waals surface area contributed by atoms with Crippen LogP contribution in [0.5, 0.6) is 0 Å². The summed E-state index contributed by atoms with van der Waals surface area (Å²) >= 11 is 6.10. The van der Waals surface area contributed by atoms with Gasteiger partial charge in [0.05, 0.1) is 23.6 Å². The lowest BCUT2D eigenvalue weighted by molar-refractivity contribution is 0.101. The van der Waals surface area contributed by atoms with Gasteiger partial charge >= 0.3 is 0 Å². The molecule has 3 aromatic rings. The summed E-state index contributed by atoms with van der Waals surface area (Å²) in [5.41, 5.74) is 3.37. The SMILES string of the molecule is CCn1nccc1C(=O)Nc1c(C)nn(Cc2ccc(F)cc2Cl)c1C. The molecule has 0 fully saturated rings. The van der Waals surface area contributed by atoms with Gasteiger partial charge in [0, 0.05) is 17.8 Å². The minimum Gasteiger partial charge on any atom is -0.317 e. The first-order chi connectivity index (χ1) is 12.4. The predicted octanol–water partition coefficient (Wildman–Crippen LogP) is 3.81. The number of benzene rings is 1. The molecule has 0 atom stereocenters. The Labute approximate surface area is 155 Å². The summed E-state index contributed by atoms with van der Waals surface area (Å²) in [4.78, 5) is 12.5. The summed E-state index contributed by atoms with van der Waals surface area (Å²) in [5.74, 6) is -0.623. The molecule has 26 heavy (non-hydrogen) atoms. The average Bonchev–Trinajstić information content (AvgIpc) is 3.17. The molecular weight excluding hydrogens is 357 g/mol. The van der Waals surface area contributed by atoms with Crippen molar-refractivity contribution in [1.29, 1.82) is 0 Å². The van der Waals surface area contributed by atoms with Crippen molar-refractivity contribution in [1.82, 2.24) is 19.6 Å². The Morgan fingerprint density at radius 1 is 1.27 bits per heavy atom. The lowest BCUT2D eigenvalue weighted by atomic mass is 10.2. The van der Waals surface area contributed by atoms with Crippen LogP contribution in [0.2, 0.25) is 5.02 Å². The number of rotatable bonds is 5. The topological polar surface area (TPSA) is 64.7 Å². The van der Waals surface area contributed by atoms with E-state index < -0.39 is 0 Å². The lowest BCUT2D eigenvalue weighted by Gasteiger charge is -2.09. The first-order valence-corrected chi connectivity index (χ1v) is 8.59. The van der Waals surface area contributed by atoms with Gasteiger partial charge in [-0.05, 0) is 44.5 Å². The number of nitrogens with one attached hydrogen (secondary N) is 1. The number of carbonyl (C=O) groups excluding carboxylic acids is 1. The maximum Gasteiger partial charge on any atom is 0.274 e. The first-order valence-electron chi connectivity index (χ1n) is 8.21. The molecule has 136 valence electrons. The van der Waals surface area contributed by atoms with Gasteiger partial charge in [0.15, 0.2) is 0 Å². The maximum absolute atomic E-state index is 13.2. The minimum absolute atomic E-state index is 0.241. The van der Waals surface area contributed by atoms with E-state index >= 15 is 0 Å². The monoisotopic (exact) mass is 375 g/mol. The van der Waals surface area contributed by atoms with Crippen molar-refractivity contribution in [2.24, 2.45) is 0 Å². The zero-order chi connectivity index (χ0) is 18.8. The van der Waals surface area contributed by atoms with E-state index in [4.69, 9.17) is 11.6 Å². The zero-order valence-electron chi connectivity index (χ0n) is 14.8. The van der Waals surface area contributed by atoms with E-state index in [1.165, 1.54) is 12.1 Å². The van der Waals surface area contributed by atoms with Crippen LogP contribution in [0.15, 0.2) is 30.5 Å². The summed E-state index contributed by atoms with van der Waals surface area (Å²) in [5, 5.41) is 11.8. The highest BCUT2D eigenvalue weighted by Gasteiger charge is 2.18. The van der Waals surface area contributed by atoms with Gasteiger partial charge in [-0.25, -0.2) is 4.39 Å². The third kappa shape index (κ3) is 3.48. The highest BCUT2D eigenvalue weighted by Crippen LogP contribution is 2.24. The van der Waals surface area contributed by atoms with Crippen molar-refractivity contribution in [3.63, 3.8) is 0 Å². The second kappa shape index (κ2) is 7.29. The molecule has 6 nitrogen and oxygen atoms in total. The van der Waals surface area contributed by atoms with Crippen LogP contribution < -0.4 is 5.32 Å². The highest BCUT2D eigenvalue weighted by molar-refractivity contribution is 6.31. The quantitative estimate of drug-likeness (QED) is 0.737. The minimum atomic E-state index is -0.382. The molecule has 1 amide bonds. The smallest absolute Gasteiger partial charge is 0.274 e. The normalized spacial score (nSPS) is 11.0. The van der Waals surface area contributed by atoms with Gasteiger partial charge in [0.2, 0.25) is 0 Å². The van der Waals surface area contributed by atoms with Crippen molar-refractivity contribution in [3.8, 4) is 0 Å². The molecule has 1 N–H and O–H groups in total. The number of halogens is 2. The van der Waals surface area contributed by atoms with E-state index in [9.17, 15) is 9.18 Å². The molecule has 0 aliphatic rings. The highest BCUT2D eigenvalue weighted by atomic mass is 35.5. The van der Waals surface area contributed by atoms with Crippen LogP contribution in [0.25, 0.3) is 0 Å². The molecule has 0 spiro atoms. The number of amides is 1. The summed E-state index contributed by atoms with van der Waals surface area (Å²) in [6.07, 6.45) is 1.60. The number of aryl methyl sites for hydroxylation is 2. The van der Waals surface area contributed by atoms with E-state index in [2.05, 4.69) is 15.5 Å². The molecular formula is C18H19ClFN5O. The van der Waals surface area contributed by atoms with Crippen LogP contribution in [0.1, 0.15) is 34.4 Å². The molecule has 0 unspecified atom stereocenters. The first kappa shape index (κ1) is 18.1. The lowest BCUT2D eigenvalue weighted by Crippen LogP contribution is -2.18. The molecule has 0 aliphatic heterocycles. The molecule has 0 aliphatic carbocycles. The van der Waals surface area contributed by atoms with Crippen LogP contribution in [0, 0.1) is 19.7 Å². The standard InChI is InChI=1S/C18H19ClFN5O/c1-4-24-16(7-8-21-24)18(26)22-17-11(2)23-25(12(17)3)10-13-5-6-14(20)9-15(13)19/h5-9H,4,10H2,1-3H3,(H,22,26). The Kier molecular flexibility index (Phi) is 5.08. The largest absolute Gasteiger partial charge is 0.317 e. The van der Waals surface area contributed by atoms with Crippen LogP contribution in [-0.4, -0.2) is 25.5 Å². The Bertz CT molecular complexity index is 963. The van der Waals surface area contributed by atoms with Gasteiger partial charge in [-0.2, -0.15) is 10.2 Å². The van der Waals surface area contributed by atoms with Gasteiger partial charge in [-0.15, -0.1) is 0 Å². The van der Waals surface area contributed by atoms with Crippen LogP contribution in [0.4, 0.5) is 10.1 Å². The van der Waals surface area contributed by atoms with Gasteiger partial charge < -0.3 is 5.32 Å². The second-order valence-electron chi connectivity index (χ2n) is 5.93. The summed E-state index contributed by atoms with van der Waals surface area (Å²) < 4.78 is 16.6. The Hall–Kier alpha value is -2.67. The molecule has 0 radical (unpaired) electrons. The molecule has 3 rings (SSSR count). The third-order valence-electron chi connectivity index (χ3n) is 4.20. The van der Waals surface area contributed by atoms with Crippen molar-refractivity contribution in [2.75, 3.05) is 5.32 Å². The Balaban J connectivity index is 1.85. The fourth-order valence-electron chi connectivity index (χ4n) is 2.80. The Morgan fingerprint density at radius 3 is 2.73 bits per heavy atom. The molecule has 2 heterocycles. The Morgan fingerprint density at radius 2 is 2.04 bits per heavy atom. The van der Waals surface area contributed by atoms with Gasteiger partial charge in [0.1, 0.15) is 11.5 Å². The molecule has 8 heteroatoms. The number of aromatic nitrogens is 4. The summed E-state index contributed by atoms with van der Waals surface area (Å²) in [6.45, 7) is 6.60. The van der Waals surface area contributed by atoms with E-state index in [-0.39, 0.29) is 11.7 Å². The van der Waals surface area contributed by atoms with Gasteiger partial charge in [-0.3, -0.25) is 14.2 Å². The van der Waals surface area contributed by atoms with Crippen molar-refractivity contribution in [3.05, 3.63) is 63.9 Å². The van der Waals surface area contributed by atoms with Crippen molar-refractivity contribution in [2.45, 2.75) is 33.9 Å². The van der Waals surface area contributed by atoms with Crippen molar-refractivity contribution >= 4 is 23.2 Å². The van der Waals surface area contributed by atoms with Crippen LogP contribution in [-0.2, 0) is 13.1 Å².